The number of hydrogen-bond acceptors (Lipinski definition) is 3. The number of anilines is 1. The summed E-state index contributed by atoms with van der Waals surface area (Å²) in [5, 5.41) is 18.4. The van der Waals surface area contributed by atoms with E-state index in [0.29, 0.717) is 17.7 Å². The summed E-state index contributed by atoms with van der Waals surface area (Å²) in [7, 11) is 0. The largest absolute Gasteiger partial charge is 0.508 e. The standard InChI is InChI=1S/C16H22N4O2.HI/c1-2-17-16(20-12-5-3-4-6-12)18-11-15(22)19-13-7-9-14(21)10-8-13;/h3-4,7-10,12,21H,2,5-6,11H2,1H3,(H,19,22)(H2,17,18,20);1H. The molecule has 1 aliphatic carbocycles. The van der Waals surface area contributed by atoms with Gasteiger partial charge in [0.15, 0.2) is 5.96 Å². The molecule has 0 saturated heterocycles. The molecule has 7 heteroatoms. The van der Waals surface area contributed by atoms with Crippen molar-refractivity contribution in [3.63, 3.8) is 0 Å². The van der Waals surface area contributed by atoms with E-state index in [1.54, 1.807) is 12.1 Å². The van der Waals surface area contributed by atoms with Crippen LogP contribution < -0.4 is 16.0 Å². The normalized spacial score (nSPS) is 14.2. The lowest BCUT2D eigenvalue weighted by Crippen LogP contribution is -2.42. The van der Waals surface area contributed by atoms with E-state index in [9.17, 15) is 9.90 Å². The number of benzene rings is 1. The lowest BCUT2D eigenvalue weighted by molar-refractivity contribution is -0.114. The van der Waals surface area contributed by atoms with Gasteiger partial charge in [-0.25, -0.2) is 4.99 Å². The molecule has 0 unspecified atom stereocenters. The molecule has 0 saturated carbocycles. The second-order valence-corrected chi connectivity index (χ2v) is 5.07. The molecule has 0 aromatic heterocycles. The maximum absolute atomic E-state index is 11.9. The molecular formula is C16H23IN4O2. The predicted octanol–water partition coefficient (Wildman–Crippen LogP) is 2.22. The van der Waals surface area contributed by atoms with E-state index in [0.717, 1.165) is 19.4 Å². The van der Waals surface area contributed by atoms with E-state index < -0.39 is 0 Å². The monoisotopic (exact) mass is 430 g/mol. The van der Waals surface area contributed by atoms with E-state index in [1.165, 1.54) is 12.1 Å². The SMILES string of the molecule is CCNC(=NCC(=O)Nc1ccc(O)cc1)NC1CC=CC1.I. The van der Waals surface area contributed by atoms with Gasteiger partial charge in [0.2, 0.25) is 5.91 Å². The van der Waals surface area contributed by atoms with E-state index in [1.807, 2.05) is 6.92 Å². The van der Waals surface area contributed by atoms with Crippen molar-refractivity contribution in [2.75, 3.05) is 18.4 Å². The van der Waals surface area contributed by atoms with Gasteiger partial charge in [0.25, 0.3) is 0 Å². The highest BCUT2D eigenvalue weighted by Gasteiger charge is 2.11. The molecular weight excluding hydrogens is 407 g/mol. The number of carbonyl (C=O) groups is 1. The minimum absolute atomic E-state index is 0. The third-order valence-electron chi connectivity index (χ3n) is 3.22. The Labute approximate surface area is 153 Å². The number of rotatable bonds is 5. The highest BCUT2D eigenvalue weighted by molar-refractivity contribution is 14.0. The first-order chi connectivity index (χ1) is 10.7. The zero-order valence-corrected chi connectivity index (χ0v) is 15.4. The van der Waals surface area contributed by atoms with Crippen LogP contribution in [-0.2, 0) is 4.79 Å². The second-order valence-electron chi connectivity index (χ2n) is 5.07. The fourth-order valence-corrected chi connectivity index (χ4v) is 2.14. The first-order valence-corrected chi connectivity index (χ1v) is 7.46. The fourth-order valence-electron chi connectivity index (χ4n) is 2.14. The van der Waals surface area contributed by atoms with Gasteiger partial charge in [-0.15, -0.1) is 24.0 Å². The van der Waals surface area contributed by atoms with Gasteiger partial charge >= 0.3 is 0 Å². The summed E-state index contributed by atoms with van der Waals surface area (Å²) in [6, 6.07) is 6.68. The quantitative estimate of drug-likeness (QED) is 0.190. The van der Waals surface area contributed by atoms with Crippen molar-refractivity contribution in [1.82, 2.24) is 10.6 Å². The zero-order valence-electron chi connectivity index (χ0n) is 13.1. The minimum Gasteiger partial charge on any atom is -0.508 e. The number of phenols is 1. The Morgan fingerprint density at radius 1 is 1.26 bits per heavy atom. The molecule has 1 aromatic rings. The number of aliphatic imine (C=N–C) groups is 1. The summed E-state index contributed by atoms with van der Waals surface area (Å²) >= 11 is 0. The third-order valence-corrected chi connectivity index (χ3v) is 3.22. The minimum atomic E-state index is -0.201. The number of hydrogen-bond donors (Lipinski definition) is 4. The Balaban J connectivity index is 0.00000264. The Kier molecular flexibility index (Phi) is 8.46. The van der Waals surface area contributed by atoms with Crippen molar-refractivity contribution in [2.45, 2.75) is 25.8 Å². The Hall–Kier alpha value is -1.77. The van der Waals surface area contributed by atoms with Gasteiger partial charge in [-0.3, -0.25) is 4.79 Å². The van der Waals surface area contributed by atoms with Crippen LogP contribution in [0.3, 0.4) is 0 Å². The molecule has 1 aliphatic rings. The van der Waals surface area contributed by atoms with Crippen LogP contribution in [0, 0.1) is 0 Å². The van der Waals surface area contributed by atoms with E-state index in [-0.39, 0.29) is 42.2 Å². The van der Waals surface area contributed by atoms with Crippen LogP contribution in [0.25, 0.3) is 0 Å². The van der Waals surface area contributed by atoms with Gasteiger partial charge in [-0.1, -0.05) is 12.2 Å². The lowest BCUT2D eigenvalue weighted by atomic mass is 10.2. The number of aromatic hydroxyl groups is 1. The second kappa shape index (κ2) is 10.1. The van der Waals surface area contributed by atoms with Crippen LogP contribution in [0.1, 0.15) is 19.8 Å². The average Bonchev–Trinajstić information content (AvgIpc) is 3.00. The van der Waals surface area contributed by atoms with E-state index >= 15 is 0 Å². The number of guanidine groups is 1. The molecule has 2 rings (SSSR count). The molecule has 23 heavy (non-hydrogen) atoms. The molecule has 4 N–H and O–H groups in total. The predicted molar refractivity (Wildman–Crippen MR) is 103 cm³/mol. The van der Waals surface area contributed by atoms with Gasteiger partial charge in [-0.2, -0.15) is 0 Å². The van der Waals surface area contributed by atoms with Crippen LogP contribution in [-0.4, -0.2) is 36.1 Å². The maximum atomic E-state index is 11.9. The number of carbonyl (C=O) groups excluding carboxylic acids is 1. The van der Waals surface area contributed by atoms with Gasteiger partial charge in [0.05, 0.1) is 0 Å². The highest BCUT2D eigenvalue weighted by atomic mass is 127. The van der Waals surface area contributed by atoms with Crippen molar-refractivity contribution in [1.29, 1.82) is 0 Å². The number of amides is 1. The number of phenolic OH excluding ortho intramolecular Hbond substituents is 1. The van der Waals surface area contributed by atoms with Crippen LogP contribution in [0.5, 0.6) is 5.75 Å². The zero-order chi connectivity index (χ0) is 15.8. The van der Waals surface area contributed by atoms with Gasteiger partial charge < -0.3 is 21.1 Å². The third kappa shape index (κ3) is 6.89. The van der Waals surface area contributed by atoms with Crippen LogP contribution in [0.4, 0.5) is 5.69 Å². The average molecular weight is 430 g/mol. The maximum Gasteiger partial charge on any atom is 0.246 e. The Morgan fingerprint density at radius 3 is 2.52 bits per heavy atom. The van der Waals surface area contributed by atoms with Crippen LogP contribution in [0.15, 0.2) is 41.4 Å². The molecule has 0 aliphatic heterocycles. The van der Waals surface area contributed by atoms with Crippen LogP contribution >= 0.6 is 24.0 Å². The number of nitrogens with zero attached hydrogens (tertiary/aromatic N) is 1. The molecule has 0 fully saturated rings. The first kappa shape index (κ1) is 19.3. The molecule has 0 radical (unpaired) electrons. The van der Waals surface area contributed by atoms with E-state index in [4.69, 9.17) is 0 Å². The highest BCUT2D eigenvalue weighted by Crippen LogP contribution is 2.13. The van der Waals surface area contributed by atoms with Gasteiger partial charge in [-0.05, 0) is 44.0 Å². The summed E-state index contributed by atoms with van der Waals surface area (Å²) in [5.41, 5.74) is 0.635. The van der Waals surface area contributed by atoms with Crippen molar-refractivity contribution in [3.8, 4) is 5.75 Å². The number of halogens is 1. The smallest absolute Gasteiger partial charge is 0.246 e. The summed E-state index contributed by atoms with van der Waals surface area (Å²) in [4.78, 5) is 16.2. The first-order valence-electron chi connectivity index (χ1n) is 7.46. The molecule has 1 amide bonds. The molecule has 0 heterocycles. The molecule has 6 nitrogen and oxygen atoms in total. The lowest BCUT2D eigenvalue weighted by Gasteiger charge is -2.16. The fraction of sp³-hybridized carbons (Fsp3) is 0.375. The molecule has 1 aromatic carbocycles. The van der Waals surface area contributed by atoms with Gasteiger partial charge in [0, 0.05) is 18.3 Å². The van der Waals surface area contributed by atoms with Crippen molar-refractivity contribution < 1.29 is 9.90 Å². The van der Waals surface area contributed by atoms with Crippen molar-refractivity contribution in [2.24, 2.45) is 4.99 Å². The Morgan fingerprint density at radius 2 is 1.91 bits per heavy atom. The van der Waals surface area contributed by atoms with Crippen LogP contribution in [0.2, 0.25) is 0 Å². The van der Waals surface area contributed by atoms with Gasteiger partial charge in [0.1, 0.15) is 12.3 Å². The Bertz CT molecular complexity index is 550. The topological polar surface area (TPSA) is 85.8 Å². The van der Waals surface area contributed by atoms with Crippen molar-refractivity contribution >= 4 is 41.5 Å². The summed E-state index contributed by atoms with van der Waals surface area (Å²) in [6.07, 6.45) is 6.23. The van der Waals surface area contributed by atoms with Crippen molar-refractivity contribution in [3.05, 3.63) is 36.4 Å². The van der Waals surface area contributed by atoms with E-state index in [2.05, 4.69) is 33.1 Å². The molecule has 0 spiro atoms. The molecule has 126 valence electrons. The molecule has 0 atom stereocenters. The summed E-state index contributed by atoms with van der Waals surface area (Å²) in [5.74, 6) is 0.615. The summed E-state index contributed by atoms with van der Waals surface area (Å²) < 4.78 is 0. The number of nitrogens with one attached hydrogen (secondary N) is 3. The molecule has 0 bridgehead atoms. The summed E-state index contributed by atoms with van der Waals surface area (Å²) in [6.45, 7) is 2.77.